The van der Waals surface area contributed by atoms with Gasteiger partial charge in [-0.3, -0.25) is 0 Å². The molecule has 0 aromatic carbocycles. The molecular weight excluding hydrogens is 514 g/mol. The van der Waals surface area contributed by atoms with Crippen LogP contribution in [0.4, 0.5) is 0 Å². The van der Waals surface area contributed by atoms with E-state index >= 15 is 0 Å². The van der Waals surface area contributed by atoms with Crippen molar-refractivity contribution in [3.05, 3.63) is 0 Å². The van der Waals surface area contributed by atoms with E-state index < -0.39 is 21.4 Å². The summed E-state index contributed by atoms with van der Waals surface area (Å²) < 4.78 is 33.0. The molecule has 0 fully saturated rings. The average Bonchev–Trinajstić information content (AvgIpc) is 2.76. The maximum atomic E-state index is 12.0. The number of ether oxygens (including phenoxy) is 2. The van der Waals surface area contributed by atoms with Crippen LogP contribution in [0.1, 0.15) is 96.8 Å². The predicted molar refractivity (Wildman–Crippen MR) is 144 cm³/mol. The van der Waals surface area contributed by atoms with Crippen LogP contribution in [0.25, 0.3) is 0 Å². The van der Waals surface area contributed by atoms with E-state index in [4.69, 9.17) is 18.5 Å². The molecule has 2 atom stereocenters. The molecule has 0 heterocycles. The van der Waals surface area contributed by atoms with E-state index in [1.54, 1.807) is 7.11 Å². The number of methoxy groups -OCH3 is 1. The van der Waals surface area contributed by atoms with Crippen molar-refractivity contribution in [2.75, 3.05) is 40.1 Å². The average molecular weight is 571 g/mol. The van der Waals surface area contributed by atoms with Gasteiger partial charge in [-0.15, -0.1) is 0 Å². The number of hydrogen-bond donors (Lipinski definition) is 0. The fraction of sp³-hybridized carbons (Fsp3) is 1.00. The zero-order chi connectivity index (χ0) is 25.5. The Morgan fingerprint density at radius 1 is 0.706 bits per heavy atom. The first-order valence-electron chi connectivity index (χ1n) is 13.7. The number of phosphoric acid groups is 1. The SMILES string of the molecule is CCCCCCCCCCCCCCCCOCC(COC)COP(=O)([O-])OCC[As](C)(C)C. The van der Waals surface area contributed by atoms with E-state index in [0.29, 0.717) is 19.8 Å². The Hall–Kier alpha value is 0.588. The minimum atomic E-state index is -4.27. The van der Waals surface area contributed by atoms with Crippen molar-refractivity contribution >= 4 is 21.4 Å². The summed E-state index contributed by atoms with van der Waals surface area (Å²) in [4.78, 5) is 12.0. The van der Waals surface area contributed by atoms with Gasteiger partial charge in [0, 0.05) is 0 Å². The summed E-state index contributed by atoms with van der Waals surface area (Å²) in [5.41, 5.74) is 6.63. The summed E-state index contributed by atoms with van der Waals surface area (Å²) in [5.74, 6) is -0.123. The molecule has 0 saturated heterocycles. The molecular formula is C26H56AsO6P-. The Balaban J connectivity index is 3.65. The molecule has 207 valence electrons. The van der Waals surface area contributed by atoms with Crippen molar-refractivity contribution in [2.24, 2.45) is 5.92 Å². The molecule has 0 aromatic rings. The second-order valence-electron chi connectivity index (χ2n) is 10.6. The van der Waals surface area contributed by atoms with Crippen LogP contribution < -0.4 is 4.89 Å². The third-order valence-electron chi connectivity index (χ3n) is 5.88. The van der Waals surface area contributed by atoms with Crippen LogP contribution in [-0.4, -0.2) is 53.7 Å². The third-order valence-corrected chi connectivity index (χ3v) is 10.0. The minimum absolute atomic E-state index is 0.0308. The maximum absolute atomic E-state index is 12.0. The molecule has 0 bridgehead atoms. The van der Waals surface area contributed by atoms with Crippen LogP contribution in [0.5, 0.6) is 0 Å². The van der Waals surface area contributed by atoms with Crippen molar-refractivity contribution in [3.8, 4) is 0 Å². The molecule has 34 heavy (non-hydrogen) atoms. The van der Waals surface area contributed by atoms with Gasteiger partial charge in [0.1, 0.15) is 0 Å². The molecule has 0 aliphatic carbocycles. The molecule has 0 spiro atoms. The first-order valence-corrected chi connectivity index (χ1v) is 22.1. The molecule has 0 rings (SSSR count). The van der Waals surface area contributed by atoms with E-state index in [1.807, 2.05) is 0 Å². The van der Waals surface area contributed by atoms with Crippen molar-refractivity contribution in [2.45, 2.75) is 119 Å². The summed E-state index contributed by atoms with van der Waals surface area (Å²) in [7, 11) is -2.67. The molecule has 0 amide bonds. The standard InChI is InChI=1S/C26H57AsO6P/c1-6-7-8-9-10-11-12-13-14-15-16-17-18-19-21-31-24-26(23-30-5)25-33-34(28,29)32-22-20-27(2,3)4/h26H,6-25H2,1-5H3,(H,28,29)/p-1. The summed E-state index contributed by atoms with van der Waals surface area (Å²) in [5, 5.41) is 0.817. The molecule has 0 saturated carbocycles. The molecule has 6 nitrogen and oxygen atoms in total. The van der Waals surface area contributed by atoms with E-state index in [-0.39, 0.29) is 19.1 Å². The fourth-order valence-corrected chi connectivity index (χ4v) is 6.13. The van der Waals surface area contributed by atoms with Gasteiger partial charge in [-0.25, -0.2) is 0 Å². The predicted octanol–water partition coefficient (Wildman–Crippen LogP) is 7.59. The zero-order valence-corrected chi connectivity index (χ0v) is 25.8. The quantitative estimate of drug-likeness (QED) is 0.0606. The van der Waals surface area contributed by atoms with Crippen molar-refractivity contribution < 1.29 is 28.0 Å². The second-order valence-corrected chi connectivity index (χ2v) is 22.5. The monoisotopic (exact) mass is 570 g/mol. The first kappa shape index (κ1) is 34.6. The van der Waals surface area contributed by atoms with Crippen molar-refractivity contribution in [3.63, 3.8) is 0 Å². The van der Waals surface area contributed by atoms with Crippen LogP contribution in [0.3, 0.4) is 0 Å². The van der Waals surface area contributed by atoms with Crippen LogP contribution in [0.15, 0.2) is 0 Å². The molecule has 2 unspecified atom stereocenters. The van der Waals surface area contributed by atoms with Crippen molar-refractivity contribution in [1.29, 1.82) is 0 Å². The van der Waals surface area contributed by atoms with E-state index in [1.165, 1.54) is 83.5 Å². The third kappa shape index (κ3) is 25.7. The van der Waals surface area contributed by atoms with Gasteiger partial charge in [-0.2, -0.15) is 0 Å². The Kier molecular flexibility index (Phi) is 23.2. The Bertz CT molecular complexity index is 486. The van der Waals surface area contributed by atoms with Gasteiger partial charge in [0.05, 0.1) is 0 Å². The topological polar surface area (TPSA) is 77.1 Å². The number of hydrogen-bond acceptors (Lipinski definition) is 6. The first-order chi connectivity index (χ1) is 16.2. The fourth-order valence-electron chi connectivity index (χ4n) is 3.69. The zero-order valence-electron chi connectivity index (χ0n) is 23.1. The molecule has 0 aromatic heterocycles. The molecule has 0 aliphatic heterocycles. The molecule has 8 heteroatoms. The molecule has 0 aliphatic rings. The summed E-state index contributed by atoms with van der Waals surface area (Å²) in [6.45, 7) is 4.04. The number of rotatable bonds is 26. The van der Waals surface area contributed by atoms with Crippen molar-refractivity contribution in [1.82, 2.24) is 0 Å². The van der Waals surface area contributed by atoms with Crippen LogP contribution in [0, 0.1) is 5.92 Å². The summed E-state index contributed by atoms with van der Waals surface area (Å²) >= 11 is -1.67. The number of unbranched alkanes of at least 4 members (excludes halogenated alkanes) is 13. The van der Waals surface area contributed by atoms with E-state index in [0.717, 1.165) is 11.6 Å². The molecule has 0 N–H and O–H groups in total. The van der Waals surface area contributed by atoms with Gasteiger partial charge in [-0.05, 0) is 0 Å². The van der Waals surface area contributed by atoms with Gasteiger partial charge in [-0.1, -0.05) is 84.0 Å². The Morgan fingerprint density at radius 2 is 1.21 bits per heavy atom. The number of phosphoric ester groups is 1. The van der Waals surface area contributed by atoms with Gasteiger partial charge in [0.2, 0.25) is 0 Å². The summed E-state index contributed by atoms with van der Waals surface area (Å²) in [6, 6.07) is 0. The van der Waals surface area contributed by atoms with E-state index in [2.05, 4.69) is 24.1 Å². The second kappa shape index (κ2) is 22.8. The van der Waals surface area contributed by atoms with Gasteiger partial charge in [0.15, 0.2) is 0 Å². The summed E-state index contributed by atoms with van der Waals surface area (Å²) in [6.07, 6.45) is 18.7. The van der Waals surface area contributed by atoms with Crippen LogP contribution >= 0.6 is 7.82 Å². The Morgan fingerprint density at radius 3 is 1.68 bits per heavy atom. The van der Waals surface area contributed by atoms with Gasteiger partial charge in [0.25, 0.3) is 0 Å². The van der Waals surface area contributed by atoms with Gasteiger partial charge >= 0.3 is 131 Å². The Labute approximate surface area is 214 Å². The molecule has 1 radical (unpaired) electrons. The van der Waals surface area contributed by atoms with Gasteiger partial charge < -0.3 is 0 Å². The van der Waals surface area contributed by atoms with Crippen LogP contribution in [-0.2, 0) is 23.1 Å². The van der Waals surface area contributed by atoms with E-state index in [9.17, 15) is 9.46 Å². The van der Waals surface area contributed by atoms with Crippen LogP contribution in [0.2, 0.25) is 22.3 Å². The normalized spacial score (nSPS) is 14.9.